The molecule has 0 amide bonds. The summed E-state index contributed by atoms with van der Waals surface area (Å²) in [6.45, 7) is 37.9. The van der Waals surface area contributed by atoms with Crippen molar-refractivity contribution in [2.45, 2.75) is 61.9 Å². The van der Waals surface area contributed by atoms with Gasteiger partial charge < -0.3 is 17.2 Å². The van der Waals surface area contributed by atoms with Gasteiger partial charge in [0.2, 0.25) is 0 Å². The maximum absolute atomic E-state index is 7.29. The van der Waals surface area contributed by atoms with Gasteiger partial charge in [-0.25, -0.2) is 10.0 Å². The summed E-state index contributed by atoms with van der Waals surface area (Å²) < 4.78 is 0. The Morgan fingerprint density at radius 2 is 0.861 bits per heavy atom. The molecule has 0 radical (unpaired) electrons. The summed E-state index contributed by atoms with van der Waals surface area (Å²) in [5, 5.41) is 6.11. The topological polar surface area (TPSA) is 87.8 Å². The number of nitrogens with zero attached hydrogens (tertiary/aromatic N) is 3. The van der Waals surface area contributed by atoms with E-state index in [0.29, 0.717) is 51.6 Å². The molecule has 1 aliphatic heterocycles. The molecule has 0 aromatic rings. The predicted octanol–water partition coefficient (Wildman–Crippen LogP) is 5.22. The molecule has 198 valence electrons. The monoisotopic (exact) mass is 492 g/mol. The Bertz CT molecular complexity index is 838. The molecule has 6 heteroatoms. The zero-order valence-corrected chi connectivity index (χ0v) is 22.3. The van der Waals surface area contributed by atoms with Crippen LogP contribution in [0.1, 0.15) is 44.9 Å². The van der Waals surface area contributed by atoms with Gasteiger partial charge in [0.05, 0.1) is 0 Å². The lowest BCUT2D eigenvalue weighted by atomic mass is 9.89. The summed E-state index contributed by atoms with van der Waals surface area (Å²) in [6, 6.07) is 0. The van der Waals surface area contributed by atoms with E-state index in [1.165, 1.54) is 0 Å². The molecular weight excluding hydrogens is 444 g/mol. The van der Waals surface area contributed by atoms with Gasteiger partial charge in [-0.1, -0.05) is 56.2 Å². The molecule has 0 saturated carbocycles. The van der Waals surface area contributed by atoms with Crippen molar-refractivity contribution >= 4 is 0 Å². The zero-order chi connectivity index (χ0) is 27.6. The molecule has 1 aliphatic rings. The fourth-order valence-corrected chi connectivity index (χ4v) is 4.80. The first kappa shape index (κ1) is 31.4. The zero-order valence-electron chi connectivity index (χ0n) is 22.3. The van der Waals surface area contributed by atoms with Gasteiger partial charge in [-0.05, 0) is 42.4 Å². The minimum absolute atomic E-state index is 0.392. The Labute approximate surface area is 219 Å². The SMILES string of the molecule is C=CCC(=C)C(N)(CC=C)N1CCCN(C(N)(CC=C)C(=C)CC=C)N1C(N)(CC=C)C(=C)CC=C. The Kier molecular flexibility index (Phi) is 11.9. The smallest absolute Gasteiger partial charge is 0.123 e. The van der Waals surface area contributed by atoms with Crippen LogP contribution in [0.5, 0.6) is 0 Å². The molecule has 6 N–H and O–H groups in total. The van der Waals surface area contributed by atoms with Crippen LogP contribution in [0.4, 0.5) is 0 Å². The highest BCUT2D eigenvalue weighted by atomic mass is 15.9. The quantitative estimate of drug-likeness (QED) is 0.228. The normalized spacial score (nSPS) is 20.1. The van der Waals surface area contributed by atoms with E-state index in [-0.39, 0.29) is 0 Å². The fourth-order valence-electron chi connectivity index (χ4n) is 4.80. The lowest BCUT2D eigenvalue weighted by Crippen LogP contribution is -2.81. The van der Waals surface area contributed by atoms with E-state index in [9.17, 15) is 0 Å². The van der Waals surface area contributed by atoms with Crippen LogP contribution in [0.3, 0.4) is 0 Å². The van der Waals surface area contributed by atoms with Crippen molar-refractivity contribution in [2.24, 2.45) is 17.2 Å². The van der Waals surface area contributed by atoms with Crippen molar-refractivity contribution in [1.29, 1.82) is 0 Å². The third-order valence-corrected chi connectivity index (χ3v) is 6.85. The maximum Gasteiger partial charge on any atom is 0.123 e. The number of hydrazine groups is 2. The first-order valence-corrected chi connectivity index (χ1v) is 12.4. The Balaban J connectivity index is 4.02. The summed E-state index contributed by atoms with van der Waals surface area (Å²) in [4.78, 5) is 0. The van der Waals surface area contributed by atoms with Crippen LogP contribution in [-0.2, 0) is 0 Å². The highest BCUT2D eigenvalue weighted by Crippen LogP contribution is 2.41. The number of rotatable bonds is 18. The summed E-state index contributed by atoms with van der Waals surface area (Å²) in [7, 11) is 0. The van der Waals surface area contributed by atoms with Gasteiger partial charge in [0.25, 0.3) is 0 Å². The standard InChI is InChI=1S/C30H48N6/c1-10-17-25(7)28(31,20-13-4)34-23-16-24-35(29(32,21-14-5)26(8)18-11-2)36(34)30(33,22-15-6)27(9)19-12-3/h10-15H,1-9,16-24,31-33H2. The van der Waals surface area contributed by atoms with Crippen molar-refractivity contribution in [3.63, 3.8) is 0 Å². The van der Waals surface area contributed by atoms with Gasteiger partial charge >= 0.3 is 0 Å². The van der Waals surface area contributed by atoms with Gasteiger partial charge in [0, 0.05) is 32.4 Å². The predicted molar refractivity (Wildman–Crippen MR) is 157 cm³/mol. The van der Waals surface area contributed by atoms with Gasteiger partial charge in [-0.3, -0.25) is 0 Å². The summed E-state index contributed by atoms with van der Waals surface area (Å²) in [5.41, 5.74) is 20.9. The lowest BCUT2D eigenvalue weighted by molar-refractivity contribution is -0.312. The van der Waals surface area contributed by atoms with Crippen LogP contribution in [0.15, 0.2) is 112 Å². The summed E-state index contributed by atoms with van der Waals surface area (Å²) in [6.07, 6.45) is 14.4. The van der Waals surface area contributed by atoms with E-state index in [1.807, 2.05) is 5.12 Å². The molecule has 6 nitrogen and oxygen atoms in total. The van der Waals surface area contributed by atoms with Crippen molar-refractivity contribution < 1.29 is 0 Å². The van der Waals surface area contributed by atoms with Gasteiger partial charge in [-0.15, -0.1) is 44.6 Å². The van der Waals surface area contributed by atoms with Gasteiger partial charge in [0.1, 0.15) is 17.0 Å². The molecule has 1 rings (SSSR count). The number of hydrogen-bond donors (Lipinski definition) is 3. The summed E-state index contributed by atoms with van der Waals surface area (Å²) >= 11 is 0. The summed E-state index contributed by atoms with van der Waals surface area (Å²) in [5.74, 6) is 0. The van der Waals surface area contributed by atoms with Crippen LogP contribution >= 0.6 is 0 Å². The molecule has 0 bridgehead atoms. The minimum atomic E-state index is -1.11. The van der Waals surface area contributed by atoms with Crippen LogP contribution in [0, 0.1) is 0 Å². The largest absolute Gasteiger partial charge is 0.308 e. The second kappa shape index (κ2) is 13.7. The average molecular weight is 493 g/mol. The highest BCUT2D eigenvalue weighted by Gasteiger charge is 2.53. The van der Waals surface area contributed by atoms with E-state index in [0.717, 1.165) is 23.1 Å². The molecule has 0 aromatic heterocycles. The molecule has 1 fully saturated rings. The first-order valence-electron chi connectivity index (χ1n) is 12.4. The van der Waals surface area contributed by atoms with E-state index in [1.54, 1.807) is 36.5 Å². The van der Waals surface area contributed by atoms with Crippen molar-refractivity contribution in [3.05, 3.63) is 112 Å². The van der Waals surface area contributed by atoms with Crippen LogP contribution in [0.25, 0.3) is 0 Å². The third-order valence-electron chi connectivity index (χ3n) is 6.85. The Hall–Kier alpha value is -2.58. The molecule has 0 aromatic carbocycles. The van der Waals surface area contributed by atoms with E-state index >= 15 is 0 Å². The molecule has 3 unspecified atom stereocenters. The van der Waals surface area contributed by atoms with Crippen molar-refractivity contribution in [1.82, 2.24) is 15.1 Å². The first-order chi connectivity index (χ1) is 17.0. The second-order valence-electron chi connectivity index (χ2n) is 9.43. The van der Waals surface area contributed by atoms with Crippen LogP contribution < -0.4 is 17.2 Å². The van der Waals surface area contributed by atoms with Crippen molar-refractivity contribution in [3.8, 4) is 0 Å². The number of allylic oxidation sites excluding steroid dienone is 3. The molecule has 36 heavy (non-hydrogen) atoms. The third kappa shape index (κ3) is 6.21. The van der Waals surface area contributed by atoms with Gasteiger partial charge in [-0.2, -0.15) is 0 Å². The van der Waals surface area contributed by atoms with Crippen molar-refractivity contribution in [2.75, 3.05) is 13.1 Å². The van der Waals surface area contributed by atoms with E-state index in [2.05, 4.69) is 69.2 Å². The molecule has 0 aliphatic carbocycles. The molecule has 1 saturated heterocycles. The number of nitrogens with two attached hydrogens (primary N) is 3. The Morgan fingerprint density at radius 3 is 1.17 bits per heavy atom. The minimum Gasteiger partial charge on any atom is -0.308 e. The second-order valence-corrected chi connectivity index (χ2v) is 9.43. The maximum atomic E-state index is 7.29. The molecule has 3 atom stereocenters. The lowest BCUT2D eigenvalue weighted by Gasteiger charge is -2.63. The highest BCUT2D eigenvalue weighted by molar-refractivity contribution is 5.26. The molecule has 0 spiro atoms. The van der Waals surface area contributed by atoms with Crippen LogP contribution in [-0.4, -0.2) is 45.2 Å². The molecule has 1 heterocycles. The Morgan fingerprint density at radius 1 is 0.556 bits per heavy atom. The average Bonchev–Trinajstić information content (AvgIpc) is 2.84. The number of hydrogen-bond acceptors (Lipinski definition) is 6. The van der Waals surface area contributed by atoms with Gasteiger partial charge in [0.15, 0.2) is 0 Å². The van der Waals surface area contributed by atoms with E-state index < -0.39 is 17.0 Å². The van der Waals surface area contributed by atoms with Crippen LogP contribution in [0.2, 0.25) is 0 Å². The van der Waals surface area contributed by atoms with E-state index in [4.69, 9.17) is 17.2 Å². The molecular formula is C30H48N6. The fraction of sp³-hybridized carbons (Fsp3) is 0.400.